The second-order valence-electron chi connectivity index (χ2n) is 6.15. The predicted octanol–water partition coefficient (Wildman–Crippen LogP) is 1.49. The van der Waals surface area contributed by atoms with E-state index < -0.39 is 39.9 Å². The van der Waals surface area contributed by atoms with Gasteiger partial charge in [-0.2, -0.15) is 8.42 Å². The normalized spacial score (nSPS) is 14.0. The van der Waals surface area contributed by atoms with E-state index in [9.17, 15) is 18.0 Å². The summed E-state index contributed by atoms with van der Waals surface area (Å²) in [5.41, 5.74) is 7.78. The van der Waals surface area contributed by atoms with Crippen LogP contribution in [-0.2, 0) is 28.6 Å². The summed E-state index contributed by atoms with van der Waals surface area (Å²) in [5, 5.41) is 5.78. The third-order valence-electron chi connectivity index (χ3n) is 2.65. The molecule has 1 unspecified atom stereocenters. The van der Waals surface area contributed by atoms with E-state index in [0.29, 0.717) is 0 Å². The fourth-order valence-corrected chi connectivity index (χ4v) is 2.05. The van der Waals surface area contributed by atoms with Gasteiger partial charge in [-0.15, -0.1) is 0 Å². The van der Waals surface area contributed by atoms with Gasteiger partial charge in [0.15, 0.2) is 0 Å². The van der Waals surface area contributed by atoms with E-state index in [-0.39, 0.29) is 19.4 Å². The van der Waals surface area contributed by atoms with Crippen LogP contribution in [0.5, 0.6) is 0 Å². The van der Waals surface area contributed by atoms with Crippen LogP contribution in [0.15, 0.2) is 5.11 Å². The molecular weight excluding hydrogens is 356 g/mol. The van der Waals surface area contributed by atoms with Gasteiger partial charge in [0, 0.05) is 4.91 Å². The zero-order valence-corrected chi connectivity index (χ0v) is 15.7. The molecular formula is C13H24N4O7S. The van der Waals surface area contributed by atoms with Crippen molar-refractivity contribution in [2.75, 3.05) is 20.0 Å². The van der Waals surface area contributed by atoms with E-state index in [2.05, 4.69) is 24.3 Å². The summed E-state index contributed by atoms with van der Waals surface area (Å²) in [4.78, 5) is 26.2. The molecule has 0 rings (SSSR count). The number of amides is 1. The molecule has 0 saturated heterocycles. The number of rotatable bonds is 9. The highest BCUT2D eigenvalue weighted by Crippen LogP contribution is 2.11. The highest BCUT2D eigenvalue weighted by atomic mass is 32.2. The Kier molecular flexibility index (Phi) is 9.24. The minimum Gasteiger partial charge on any atom is -0.467 e. The molecule has 0 aromatic rings. The number of hydrogen-bond acceptors (Lipinski definition) is 8. The van der Waals surface area contributed by atoms with Crippen molar-refractivity contribution in [3.8, 4) is 0 Å². The van der Waals surface area contributed by atoms with Crippen LogP contribution < -0.4 is 5.32 Å². The number of esters is 1. The molecule has 12 heteroatoms. The van der Waals surface area contributed by atoms with Gasteiger partial charge >= 0.3 is 12.1 Å². The van der Waals surface area contributed by atoms with Crippen molar-refractivity contribution in [3.05, 3.63) is 10.4 Å². The van der Waals surface area contributed by atoms with Crippen molar-refractivity contribution in [3.63, 3.8) is 0 Å². The van der Waals surface area contributed by atoms with Crippen LogP contribution in [0.4, 0.5) is 4.79 Å². The lowest BCUT2D eigenvalue weighted by atomic mass is 10.1. The largest absolute Gasteiger partial charge is 0.467 e. The van der Waals surface area contributed by atoms with Crippen LogP contribution in [0.25, 0.3) is 10.4 Å². The Balaban J connectivity index is 4.86. The zero-order chi connectivity index (χ0) is 19.7. The maximum absolute atomic E-state index is 11.8. The van der Waals surface area contributed by atoms with Crippen molar-refractivity contribution in [1.29, 1.82) is 0 Å². The molecule has 2 atom stereocenters. The summed E-state index contributed by atoms with van der Waals surface area (Å²) < 4.78 is 36.3. The van der Waals surface area contributed by atoms with Gasteiger partial charge in [-0.05, 0) is 39.1 Å². The van der Waals surface area contributed by atoms with Crippen molar-refractivity contribution >= 4 is 22.2 Å². The smallest absolute Gasteiger partial charge is 0.408 e. The molecule has 0 radical (unpaired) electrons. The molecule has 0 saturated carbocycles. The van der Waals surface area contributed by atoms with E-state index in [4.69, 9.17) is 10.3 Å². The number of carbonyl (C=O) groups excluding carboxylic acids is 2. The lowest BCUT2D eigenvalue weighted by Gasteiger charge is -2.23. The summed E-state index contributed by atoms with van der Waals surface area (Å²) in [6.45, 7) is 4.63. The van der Waals surface area contributed by atoms with Gasteiger partial charge in [0.25, 0.3) is 10.1 Å². The molecule has 25 heavy (non-hydrogen) atoms. The minimum absolute atomic E-state index is 0.0305. The third-order valence-corrected chi connectivity index (χ3v) is 3.22. The topological polar surface area (TPSA) is 157 Å². The number of alkyl carbamates (subject to hydrolysis) is 1. The van der Waals surface area contributed by atoms with Crippen LogP contribution in [0.1, 0.15) is 33.6 Å². The van der Waals surface area contributed by atoms with Crippen LogP contribution in [-0.4, -0.2) is 58.1 Å². The van der Waals surface area contributed by atoms with Gasteiger partial charge in [-0.1, -0.05) is 5.11 Å². The van der Waals surface area contributed by atoms with E-state index in [1.807, 2.05) is 0 Å². The van der Waals surface area contributed by atoms with Crippen LogP contribution in [0.3, 0.4) is 0 Å². The Bertz CT molecular complexity index is 608. The summed E-state index contributed by atoms with van der Waals surface area (Å²) in [5.74, 6) is -0.713. The maximum atomic E-state index is 11.8. The Morgan fingerprint density at radius 1 is 1.28 bits per heavy atom. The summed E-state index contributed by atoms with van der Waals surface area (Å²) >= 11 is 0. The molecule has 0 fully saturated rings. The van der Waals surface area contributed by atoms with Crippen LogP contribution in [0.2, 0.25) is 0 Å². The van der Waals surface area contributed by atoms with Crippen molar-refractivity contribution < 1.29 is 31.7 Å². The number of methoxy groups -OCH3 is 1. The molecule has 0 aliphatic heterocycles. The number of azide groups is 1. The van der Waals surface area contributed by atoms with Crippen LogP contribution in [0, 0.1) is 0 Å². The van der Waals surface area contributed by atoms with Gasteiger partial charge < -0.3 is 14.8 Å². The number of ether oxygens (including phenoxy) is 2. The molecule has 0 aliphatic rings. The first kappa shape index (κ1) is 23.0. The number of carbonyl (C=O) groups is 2. The third kappa shape index (κ3) is 12.0. The average molecular weight is 380 g/mol. The van der Waals surface area contributed by atoms with E-state index in [0.717, 1.165) is 13.4 Å². The molecule has 0 spiro atoms. The first-order chi connectivity index (χ1) is 11.4. The fraction of sp³-hybridized carbons (Fsp3) is 0.846. The highest BCUT2D eigenvalue weighted by molar-refractivity contribution is 7.85. The van der Waals surface area contributed by atoms with Crippen molar-refractivity contribution in [2.45, 2.75) is 51.3 Å². The summed E-state index contributed by atoms with van der Waals surface area (Å²) in [7, 11) is -2.54. The lowest BCUT2D eigenvalue weighted by Crippen LogP contribution is -2.44. The van der Waals surface area contributed by atoms with Crippen molar-refractivity contribution in [1.82, 2.24) is 5.32 Å². The molecule has 1 amide bonds. The quantitative estimate of drug-likeness (QED) is 0.209. The number of hydrogen-bond donors (Lipinski definition) is 1. The van der Waals surface area contributed by atoms with Crippen molar-refractivity contribution in [2.24, 2.45) is 5.11 Å². The Morgan fingerprint density at radius 3 is 2.32 bits per heavy atom. The summed E-state index contributed by atoms with van der Waals surface area (Å²) in [6, 6.07) is -1.89. The summed E-state index contributed by atoms with van der Waals surface area (Å²) in [6.07, 6.45) is 0.162. The molecule has 11 nitrogen and oxygen atoms in total. The standard InChI is InChI=1S/C13H24N4O7S/c1-13(2,3)24-12(19)15-10(11(18)22-4)7-6-9(16-17-14)8-23-25(5,20)21/h9-10H,6-8H2,1-5H3,(H,15,19)/t9-,10?/m1/s1. The molecule has 144 valence electrons. The monoisotopic (exact) mass is 380 g/mol. The molecule has 1 N–H and O–H groups in total. The maximum Gasteiger partial charge on any atom is 0.408 e. The molecule has 0 aromatic carbocycles. The first-order valence-electron chi connectivity index (χ1n) is 7.34. The number of nitrogens with zero attached hydrogens (tertiary/aromatic N) is 3. The molecule has 0 aromatic heterocycles. The van der Waals surface area contributed by atoms with Crippen LogP contribution >= 0.6 is 0 Å². The molecule has 0 aliphatic carbocycles. The van der Waals surface area contributed by atoms with Gasteiger partial charge in [0.2, 0.25) is 0 Å². The lowest BCUT2D eigenvalue weighted by molar-refractivity contribution is -0.143. The van der Waals surface area contributed by atoms with E-state index in [1.54, 1.807) is 20.8 Å². The van der Waals surface area contributed by atoms with Gasteiger partial charge in [0.05, 0.1) is 26.0 Å². The zero-order valence-electron chi connectivity index (χ0n) is 14.9. The highest BCUT2D eigenvalue weighted by Gasteiger charge is 2.26. The minimum atomic E-state index is -3.70. The molecule has 0 bridgehead atoms. The fourth-order valence-electron chi connectivity index (χ4n) is 1.65. The van der Waals surface area contributed by atoms with Gasteiger partial charge in [-0.3, -0.25) is 4.18 Å². The average Bonchev–Trinajstić information content (AvgIpc) is 2.45. The van der Waals surface area contributed by atoms with Gasteiger partial charge in [-0.25, -0.2) is 9.59 Å². The van der Waals surface area contributed by atoms with Gasteiger partial charge in [0.1, 0.15) is 11.6 Å². The second kappa shape index (κ2) is 10.1. The number of nitrogens with one attached hydrogen (secondary N) is 1. The first-order valence-corrected chi connectivity index (χ1v) is 9.15. The Labute approximate surface area is 146 Å². The van der Waals surface area contributed by atoms with E-state index >= 15 is 0 Å². The second-order valence-corrected chi connectivity index (χ2v) is 7.79. The Morgan fingerprint density at radius 2 is 1.88 bits per heavy atom. The SMILES string of the molecule is COC(=O)C(CC[C@H](COS(C)(=O)=O)N=[N+]=[N-])NC(=O)OC(C)(C)C. The van der Waals surface area contributed by atoms with E-state index in [1.165, 1.54) is 0 Å². The predicted molar refractivity (Wildman–Crippen MR) is 88.1 cm³/mol. The Hall–Kier alpha value is -2.04. The molecule has 0 heterocycles.